The maximum atomic E-state index is 4.96. The number of benzene rings is 1. The highest BCUT2D eigenvalue weighted by atomic mass is 15.2. The van der Waals surface area contributed by atoms with Crippen LogP contribution in [0.15, 0.2) is 34.3 Å². The minimum Gasteiger partial charge on any atom is -0.360 e. The third-order valence-electron chi connectivity index (χ3n) is 5.30. The Morgan fingerprint density at radius 2 is 1.31 bits per heavy atom. The summed E-state index contributed by atoms with van der Waals surface area (Å²) in [6.07, 6.45) is 9.66. The Morgan fingerprint density at radius 1 is 0.808 bits per heavy atom. The molecule has 0 amide bonds. The van der Waals surface area contributed by atoms with Gasteiger partial charge in [0.15, 0.2) is 0 Å². The van der Waals surface area contributed by atoms with E-state index in [2.05, 4.69) is 47.9 Å². The fourth-order valence-electron chi connectivity index (χ4n) is 3.79. The summed E-state index contributed by atoms with van der Waals surface area (Å²) < 4.78 is 0. The van der Waals surface area contributed by atoms with Crippen molar-refractivity contribution < 1.29 is 0 Å². The summed E-state index contributed by atoms with van der Waals surface area (Å²) >= 11 is 0. The number of hydrogen-bond acceptors (Lipinski definition) is 2. The van der Waals surface area contributed by atoms with Crippen molar-refractivity contribution in [2.45, 2.75) is 65.2 Å². The van der Waals surface area contributed by atoms with Gasteiger partial charge in [-0.25, -0.2) is 9.98 Å². The van der Waals surface area contributed by atoms with Crippen molar-refractivity contribution in [1.29, 1.82) is 0 Å². The molecule has 0 radical (unpaired) electrons. The fraction of sp³-hybridized carbons (Fsp3) is 0.636. The first kappa shape index (κ1) is 18.9. The zero-order chi connectivity index (χ0) is 18.2. The molecular weight excluding hydrogens is 320 g/mol. The Bertz CT molecular complexity index is 584. The Hall–Kier alpha value is -1.84. The standard InChI is InChI=1S/C22H34N4/c1-3-5-14-25-16-8-12-21(25)23-19-10-7-11-20(18-19)24-22-13-9-17-26(22)15-6-4-2/h7,10-11,18H,3-6,8-9,12-17H2,1-2H3. The lowest BCUT2D eigenvalue weighted by Gasteiger charge is -2.19. The van der Waals surface area contributed by atoms with Crippen LogP contribution in [0.1, 0.15) is 65.2 Å². The number of rotatable bonds is 8. The van der Waals surface area contributed by atoms with Crippen LogP contribution in [0.3, 0.4) is 0 Å². The van der Waals surface area contributed by atoms with Gasteiger partial charge in [-0.2, -0.15) is 0 Å². The van der Waals surface area contributed by atoms with Gasteiger partial charge in [0.05, 0.1) is 11.4 Å². The number of nitrogens with zero attached hydrogens (tertiary/aromatic N) is 4. The molecule has 1 aromatic rings. The maximum absolute atomic E-state index is 4.96. The molecule has 26 heavy (non-hydrogen) atoms. The molecule has 4 nitrogen and oxygen atoms in total. The second-order valence-electron chi connectivity index (χ2n) is 7.46. The van der Waals surface area contributed by atoms with Crippen LogP contribution in [0.2, 0.25) is 0 Å². The molecule has 2 fully saturated rings. The normalized spacial score (nSPS) is 20.7. The van der Waals surface area contributed by atoms with Crippen LogP contribution in [0, 0.1) is 0 Å². The summed E-state index contributed by atoms with van der Waals surface area (Å²) in [4.78, 5) is 14.8. The van der Waals surface area contributed by atoms with E-state index in [9.17, 15) is 0 Å². The molecular formula is C22H34N4. The van der Waals surface area contributed by atoms with Crippen LogP contribution in [0.25, 0.3) is 0 Å². The minimum absolute atomic E-state index is 1.04. The van der Waals surface area contributed by atoms with E-state index in [1.807, 2.05) is 0 Å². The first-order valence-corrected chi connectivity index (χ1v) is 10.5. The number of amidine groups is 2. The number of aliphatic imine (C=N–C) groups is 2. The van der Waals surface area contributed by atoms with Gasteiger partial charge in [-0.05, 0) is 43.9 Å². The summed E-state index contributed by atoms with van der Waals surface area (Å²) in [6, 6.07) is 8.45. The Morgan fingerprint density at radius 3 is 1.77 bits per heavy atom. The molecule has 0 atom stereocenters. The van der Waals surface area contributed by atoms with Gasteiger partial charge in [0.1, 0.15) is 11.7 Å². The maximum Gasteiger partial charge on any atom is 0.105 e. The van der Waals surface area contributed by atoms with E-state index < -0.39 is 0 Å². The zero-order valence-electron chi connectivity index (χ0n) is 16.6. The van der Waals surface area contributed by atoms with Crippen LogP contribution >= 0.6 is 0 Å². The first-order chi connectivity index (χ1) is 12.8. The number of likely N-dealkylation sites (tertiary alicyclic amines) is 2. The average molecular weight is 355 g/mol. The van der Waals surface area contributed by atoms with E-state index in [0.717, 1.165) is 50.4 Å². The smallest absolute Gasteiger partial charge is 0.105 e. The van der Waals surface area contributed by atoms with Crippen molar-refractivity contribution >= 4 is 23.0 Å². The van der Waals surface area contributed by atoms with E-state index in [0.29, 0.717) is 0 Å². The molecule has 2 heterocycles. The summed E-state index contributed by atoms with van der Waals surface area (Å²) in [7, 11) is 0. The largest absolute Gasteiger partial charge is 0.360 e. The monoisotopic (exact) mass is 354 g/mol. The highest BCUT2D eigenvalue weighted by Crippen LogP contribution is 2.25. The molecule has 0 spiro atoms. The summed E-state index contributed by atoms with van der Waals surface area (Å²) in [5.41, 5.74) is 2.09. The summed E-state index contributed by atoms with van der Waals surface area (Å²) in [5.74, 6) is 2.52. The van der Waals surface area contributed by atoms with Gasteiger partial charge >= 0.3 is 0 Å². The van der Waals surface area contributed by atoms with E-state index in [1.165, 1.54) is 50.2 Å². The lowest BCUT2D eigenvalue weighted by atomic mass is 10.2. The third kappa shape index (κ3) is 5.09. The molecule has 0 unspecified atom stereocenters. The van der Waals surface area contributed by atoms with Crippen LogP contribution in [-0.4, -0.2) is 47.7 Å². The van der Waals surface area contributed by atoms with Crippen molar-refractivity contribution in [3.63, 3.8) is 0 Å². The Labute approximate surface area is 159 Å². The van der Waals surface area contributed by atoms with Crippen molar-refractivity contribution in [2.24, 2.45) is 9.98 Å². The van der Waals surface area contributed by atoms with Gasteiger partial charge in [-0.15, -0.1) is 0 Å². The lowest BCUT2D eigenvalue weighted by molar-refractivity contribution is 0.439. The van der Waals surface area contributed by atoms with E-state index in [4.69, 9.17) is 9.98 Å². The van der Waals surface area contributed by atoms with Gasteiger partial charge in [0.2, 0.25) is 0 Å². The quantitative estimate of drug-likeness (QED) is 0.614. The molecule has 2 saturated heterocycles. The van der Waals surface area contributed by atoms with Crippen LogP contribution in [-0.2, 0) is 0 Å². The number of hydrogen-bond donors (Lipinski definition) is 0. The Balaban J connectivity index is 1.72. The van der Waals surface area contributed by atoms with E-state index >= 15 is 0 Å². The van der Waals surface area contributed by atoms with Gasteiger partial charge < -0.3 is 9.80 Å². The van der Waals surface area contributed by atoms with E-state index in [1.54, 1.807) is 0 Å². The second kappa shape index (κ2) is 9.75. The molecule has 4 heteroatoms. The van der Waals surface area contributed by atoms with Gasteiger partial charge in [0.25, 0.3) is 0 Å². The van der Waals surface area contributed by atoms with Crippen molar-refractivity contribution in [2.75, 3.05) is 26.2 Å². The number of unbranched alkanes of at least 4 members (excludes halogenated alkanes) is 2. The average Bonchev–Trinajstić information content (AvgIpc) is 3.28. The molecule has 142 valence electrons. The van der Waals surface area contributed by atoms with Crippen LogP contribution < -0.4 is 0 Å². The summed E-state index contributed by atoms with van der Waals surface area (Å²) in [5, 5.41) is 0. The molecule has 2 aliphatic rings. The van der Waals surface area contributed by atoms with Crippen molar-refractivity contribution in [1.82, 2.24) is 9.80 Å². The first-order valence-electron chi connectivity index (χ1n) is 10.5. The van der Waals surface area contributed by atoms with Crippen molar-refractivity contribution in [3.05, 3.63) is 24.3 Å². The predicted octanol–water partition coefficient (Wildman–Crippen LogP) is 5.54. The molecule has 2 aliphatic heterocycles. The molecule has 0 saturated carbocycles. The lowest BCUT2D eigenvalue weighted by Crippen LogP contribution is -2.25. The molecule has 0 aromatic heterocycles. The van der Waals surface area contributed by atoms with Gasteiger partial charge in [0, 0.05) is 39.0 Å². The summed E-state index contributed by atoms with van der Waals surface area (Å²) in [6.45, 7) is 9.11. The fourth-order valence-corrected chi connectivity index (χ4v) is 3.79. The highest BCUT2D eigenvalue weighted by Gasteiger charge is 2.19. The third-order valence-corrected chi connectivity index (χ3v) is 5.30. The van der Waals surface area contributed by atoms with E-state index in [-0.39, 0.29) is 0 Å². The Kier molecular flexibility index (Phi) is 7.10. The molecule has 3 rings (SSSR count). The SMILES string of the molecule is CCCCN1CCCC1=Nc1cccc(N=C2CCCN2CCCC)c1. The minimum atomic E-state index is 1.04. The highest BCUT2D eigenvalue weighted by molar-refractivity contribution is 5.88. The van der Waals surface area contributed by atoms with Gasteiger partial charge in [-0.3, -0.25) is 0 Å². The topological polar surface area (TPSA) is 31.2 Å². The van der Waals surface area contributed by atoms with Crippen molar-refractivity contribution in [3.8, 4) is 0 Å². The van der Waals surface area contributed by atoms with Crippen LogP contribution in [0.4, 0.5) is 11.4 Å². The second-order valence-corrected chi connectivity index (χ2v) is 7.46. The molecule has 0 N–H and O–H groups in total. The zero-order valence-corrected chi connectivity index (χ0v) is 16.6. The predicted molar refractivity (Wildman–Crippen MR) is 112 cm³/mol. The molecule has 0 aliphatic carbocycles. The van der Waals surface area contributed by atoms with Gasteiger partial charge in [-0.1, -0.05) is 32.8 Å². The molecule has 1 aromatic carbocycles. The molecule has 0 bridgehead atoms. The van der Waals surface area contributed by atoms with Crippen LogP contribution in [0.5, 0.6) is 0 Å².